The zero-order valence-electron chi connectivity index (χ0n) is 16.2. The van der Waals surface area contributed by atoms with Crippen LogP contribution in [-0.2, 0) is 14.3 Å². The molecule has 28 heavy (non-hydrogen) atoms. The Morgan fingerprint density at radius 1 is 1.00 bits per heavy atom. The van der Waals surface area contributed by atoms with Crippen molar-refractivity contribution in [3.8, 4) is 11.5 Å². The van der Waals surface area contributed by atoms with E-state index in [0.29, 0.717) is 28.4 Å². The van der Waals surface area contributed by atoms with Crippen molar-refractivity contribution in [3.05, 3.63) is 70.9 Å². The third kappa shape index (κ3) is 3.36. The van der Waals surface area contributed by atoms with Crippen LogP contribution in [-0.4, -0.2) is 33.2 Å². The van der Waals surface area contributed by atoms with Crippen LogP contribution < -0.4 is 14.4 Å². The molecule has 144 valence electrons. The van der Waals surface area contributed by atoms with Crippen molar-refractivity contribution in [1.29, 1.82) is 0 Å². The van der Waals surface area contributed by atoms with Crippen LogP contribution in [0.2, 0.25) is 0 Å². The van der Waals surface area contributed by atoms with Gasteiger partial charge in [-0.05, 0) is 31.2 Å². The number of rotatable bonds is 5. The molecule has 6 heteroatoms. The Morgan fingerprint density at radius 3 is 2.43 bits per heavy atom. The summed E-state index contributed by atoms with van der Waals surface area (Å²) in [6.45, 7) is 1.71. The van der Waals surface area contributed by atoms with Gasteiger partial charge in [0.15, 0.2) is 0 Å². The fourth-order valence-electron chi connectivity index (χ4n) is 3.18. The van der Waals surface area contributed by atoms with Crippen molar-refractivity contribution in [2.45, 2.75) is 6.92 Å². The molecule has 0 spiro atoms. The number of ether oxygens (including phenoxy) is 3. The van der Waals surface area contributed by atoms with E-state index in [0.717, 1.165) is 0 Å². The van der Waals surface area contributed by atoms with Gasteiger partial charge in [0.25, 0.3) is 5.91 Å². The standard InChI is InChI=1S/C22H21NO5/c1-14-20(22(25)28-4)18(12-15-8-5-6-11-19(15)27-3)21(24)23(14)16-9-7-10-17(13-16)26-2/h5-13H,1-4H3/b18-12-. The molecule has 1 aliphatic rings. The van der Waals surface area contributed by atoms with Crippen LogP contribution >= 0.6 is 0 Å². The number of esters is 1. The number of allylic oxidation sites excluding steroid dienone is 1. The molecule has 0 bridgehead atoms. The number of hydrogen-bond donors (Lipinski definition) is 0. The Balaban J connectivity index is 2.16. The lowest BCUT2D eigenvalue weighted by molar-refractivity contribution is -0.136. The first-order chi connectivity index (χ1) is 13.5. The Bertz CT molecular complexity index is 990. The third-order valence-corrected chi connectivity index (χ3v) is 4.54. The minimum Gasteiger partial charge on any atom is -0.497 e. The molecular weight excluding hydrogens is 358 g/mol. The van der Waals surface area contributed by atoms with Gasteiger partial charge in [-0.15, -0.1) is 0 Å². The average Bonchev–Trinajstić information content (AvgIpc) is 2.97. The van der Waals surface area contributed by atoms with E-state index < -0.39 is 5.97 Å². The largest absolute Gasteiger partial charge is 0.497 e. The highest BCUT2D eigenvalue weighted by molar-refractivity contribution is 6.24. The summed E-state index contributed by atoms with van der Waals surface area (Å²) in [4.78, 5) is 27.2. The average molecular weight is 379 g/mol. The van der Waals surface area contributed by atoms with Gasteiger partial charge in [0, 0.05) is 17.3 Å². The molecule has 0 aromatic heterocycles. The first-order valence-corrected chi connectivity index (χ1v) is 8.64. The smallest absolute Gasteiger partial charge is 0.340 e. The molecule has 6 nitrogen and oxygen atoms in total. The maximum Gasteiger partial charge on any atom is 0.340 e. The summed E-state index contributed by atoms with van der Waals surface area (Å²) in [5.41, 5.74) is 2.26. The SMILES string of the molecule is COC(=O)C1=C(C)N(c2cccc(OC)c2)C(=O)/C1=C\c1ccccc1OC. The summed E-state index contributed by atoms with van der Waals surface area (Å²) in [6, 6.07) is 14.4. The number of carbonyl (C=O) groups excluding carboxylic acids is 2. The molecule has 1 amide bonds. The predicted octanol–water partition coefficient (Wildman–Crippen LogP) is 3.58. The molecule has 1 heterocycles. The molecular formula is C22H21NO5. The maximum absolute atomic E-state index is 13.3. The summed E-state index contributed by atoms with van der Waals surface area (Å²) in [5, 5.41) is 0. The molecule has 1 aliphatic heterocycles. The Kier molecular flexibility index (Phi) is 5.49. The molecule has 3 rings (SSSR count). The third-order valence-electron chi connectivity index (χ3n) is 4.54. The summed E-state index contributed by atoms with van der Waals surface area (Å²) >= 11 is 0. The normalized spacial score (nSPS) is 15.2. The lowest BCUT2D eigenvalue weighted by atomic mass is 10.0. The summed E-state index contributed by atoms with van der Waals surface area (Å²) in [6.07, 6.45) is 1.65. The van der Waals surface area contributed by atoms with E-state index in [1.807, 2.05) is 18.2 Å². The fourth-order valence-corrected chi connectivity index (χ4v) is 3.18. The van der Waals surface area contributed by atoms with E-state index in [1.165, 1.54) is 12.0 Å². The van der Waals surface area contributed by atoms with Gasteiger partial charge in [-0.2, -0.15) is 0 Å². The first kappa shape index (κ1) is 19.2. The molecule has 0 N–H and O–H groups in total. The second kappa shape index (κ2) is 8.00. The van der Waals surface area contributed by atoms with Gasteiger partial charge in [-0.1, -0.05) is 24.3 Å². The van der Waals surface area contributed by atoms with Crippen LogP contribution in [0.25, 0.3) is 6.08 Å². The van der Waals surface area contributed by atoms with Gasteiger partial charge in [0.05, 0.1) is 38.2 Å². The van der Waals surface area contributed by atoms with Crippen molar-refractivity contribution in [1.82, 2.24) is 0 Å². The highest BCUT2D eigenvalue weighted by atomic mass is 16.5. The second-order valence-corrected chi connectivity index (χ2v) is 6.09. The minimum atomic E-state index is -0.572. The number of anilines is 1. The molecule has 0 atom stereocenters. The van der Waals surface area contributed by atoms with E-state index in [1.54, 1.807) is 57.6 Å². The van der Waals surface area contributed by atoms with Gasteiger partial charge in [-0.25, -0.2) is 4.79 Å². The van der Waals surface area contributed by atoms with Gasteiger partial charge in [0.2, 0.25) is 0 Å². The molecule has 0 aliphatic carbocycles. The zero-order valence-corrected chi connectivity index (χ0v) is 16.2. The van der Waals surface area contributed by atoms with E-state index in [-0.39, 0.29) is 17.1 Å². The predicted molar refractivity (Wildman–Crippen MR) is 106 cm³/mol. The van der Waals surface area contributed by atoms with Crippen molar-refractivity contribution >= 4 is 23.6 Å². The summed E-state index contributed by atoms with van der Waals surface area (Å²) in [5.74, 6) is 0.318. The molecule has 2 aromatic carbocycles. The minimum absolute atomic E-state index is 0.223. The molecule has 2 aromatic rings. The van der Waals surface area contributed by atoms with Crippen LogP contribution in [0.15, 0.2) is 65.4 Å². The Labute approximate surface area is 163 Å². The quantitative estimate of drug-likeness (QED) is 0.587. The van der Waals surface area contributed by atoms with Gasteiger partial charge >= 0.3 is 5.97 Å². The van der Waals surface area contributed by atoms with Crippen LogP contribution in [0.3, 0.4) is 0 Å². The van der Waals surface area contributed by atoms with Crippen molar-refractivity contribution in [3.63, 3.8) is 0 Å². The number of para-hydroxylation sites is 1. The highest BCUT2D eigenvalue weighted by Crippen LogP contribution is 2.37. The first-order valence-electron chi connectivity index (χ1n) is 8.64. The number of carbonyl (C=O) groups is 2. The van der Waals surface area contributed by atoms with Gasteiger partial charge in [-0.3, -0.25) is 9.69 Å². The van der Waals surface area contributed by atoms with E-state index in [2.05, 4.69) is 0 Å². The van der Waals surface area contributed by atoms with Crippen LogP contribution in [0, 0.1) is 0 Å². The van der Waals surface area contributed by atoms with E-state index >= 15 is 0 Å². The molecule has 0 saturated heterocycles. The van der Waals surface area contributed by atoms with E-state index in [9.17, 15) is 9.59 Å². The highest BCUT2D eigenvalue weighted by Gasteiger charge is 2.38. The van der Waals surface area contributed by atoms with Crippen LogP contribution in [0.5, 0.6) is 11.5 Å². The lowest BCUT2D eigenvalue weighted by Crippen LogP contribution is -2.24. The number of benzene rings is 2. The van der Waals surface area contributed by atoms with E-state index in [4.69, 9.17) is 14.2 Å². The fraction of sp³-hybridized carbons (Fsp3) is 0.182. The van der Waals surface area contributed by atoms with Crippen molar-refractivity contribution < 1.29 is 23.8 Å². The topological polar surface area (TPSA) is 65.1 Å². The number of nitrogens with zero attached hydrogens (tertiary/aromatic N) is 1. The van der Waals surface area contributed by atoms with Crippen LogP contribution in [0.4, 0.5) is 5.69 Å². The van der Waals surface area contributed by atoms with Crippen LogP contribution in [0.1, 0.15) is 12.5 Å². The lowest BCUT2D eigenvalue weighted by Gasteiger charge is -2.18. The van der Waals surface area contributed by atoms with Crippen molar-refractivity contribution in [2.75, 3.05) is 26.2 Å². The second-order valence-electron chi connectivity index (χ2n) is 6.09. The molecule has 0 fully saturated rings. The Morgan fingerprint density at radius 2 is 1.75 bits per heavy atom. The maximum atomic E-state index is 13.3. The number of hydrogen-bond acceptors (Lipinski definition) is 5. The number of amides is 1. The molecule has 0 unspecified atom stereocenters. The van der Waals surface area contributed by atoms with Gasteiger partial charge < -0.3 is 14.2 Å². The monoisotopic (exact) mass is 379 g/mol. The zero-order chi connectivity index (χ0) is 20.3. The molecule has 0 saturated carbocycles. The van der Waals surface area contributed by atoms with Crippen molar-refractivity contribution in [2.24, 2.45) is 0 Å². The molecule has 0 radical (unpaired) electrons. The Hall–Kier alpha value is -3.54. The van der Waals surface area contributed by atoms with Gasteiger partial charge in [0.1, 0.15) is 11.5 Å². The summed E-state index contributed by atoms with van der Waals surface area (Å²) in [7, 11) is 4.40. The summed E-state index contributed by atoms with van der Waals surface area (Å²) < 4.78 is 15.6. The number of methoxy groups -OCH3 is 3.